The fraction of sp³-hybridized carbons (Fsp3) is 0. The van der Waals surface area contributed by atoms with E-state index < -0.39 is 30.7 Å². The Bertz CT molecular complexity index is 1460. The number of fused-ring (bicyclic) bond motifs is 2. The molecule has 4 aromatic rings. The van der Waals surface area contributed by atoms with Crippen LogP contribution in [-0.4, -0.2) is 28.8 Å². The summed E-state index contributed by atoms with van der Waals surface area (Å²) in [6.07, 6.45) is 0. The number of nitrogens with two attached hydrogens (primary N) is 1. The topological polar surface area (TPSA) is 210 Å². The molecule has 7 N–H and O–H groups in total. The molecule has 4 rings (SSSR count). The number of benzene rings is 4. The molecule has 0 atom stereocenters. The van der Waals surface area contributed by atoms with E-state index >= 15 is 0 Å². The van der Waals surface area contributed by atoms with Crippen LogP contribution in [0.5, 0.6) is 0 Å². The minimum absolute atomic E-state index is 0. The van der Waals surface area contributed by atoms with E-state index in [1.807, 2.05) is 0 Å². The molecule has 4 aromatic carbocycles. The van der Waals surface area contributed by atoms with Crippen molar-refractivity contribution in [3.8, 4) is 0 Å². The second-order valence-electron chi connectivity index (χ2n) is 6.36. The zero-order chi connectivity index (χ0) is 25.5. The van der Waals surface area contributed by atoms with E-state index in [4.69, 9.17) is 25.9 Å². The molecule has 38 heavy (non-hydrogen) atoms. The smallest absolute Gasteiger partial charge is 1.00 e. The molecule has 0 fully saturated rings. The van der Waals surface area contributed by atoms with Gasteiger partial charge in [-0.25, -0.2) is 30.8 Å². The van der Waals surface area contributed by atoms with E-state index in [9.17, 15) is 25.6 Å². The molecule has 0 amide bonds. The average Bonchev–Trinajstić information content (AvgIpc) is 2.79. The molecule has 10 nitrogen and oxygen atoms in total. The van der Waals surface area contributed by atoms with Crippen molar-refractivity contribution < 1.29 is 107 Å². The summed E-state index contributed by atoms with van der Waals surface area (Å²) >= 11 is 0. The summed E-state index contributed by atoms with van der Waals surface area (Å²) in [5.74, 6) is -0.923. The van der Waals surface area contributed by atoms with Crippen molar-refractivity contribution in [2.24, 2.45) is 5.14 Å². The molecule has 0 bridgehead atoms. The minimum Gasteiger partial charge on any atom is -1.00 e. The molecule has 0 aliphatic carbocycles. The van der Waals surface area contributed by atoms with Gasteiger partial charge in [-0.3, -0.25) is 4.79 Å². The van der Waals surface area contributed by atoms with Crippen molar-refractivity contribution in [3.05, 3.63) is 84.4 Å². The van der Waals surface area contributed by atoms with Crippen LogP contribution < -0.4 is 75.7 Å². The average molecular weight is 613 g/mol. The number of halogens is 3. The first kappa shape index (κ1) is 41.2. The van der Waals surface area contributed by atoms with E-state index in [1.54, 1.807) is 24.3 Å². The van der Waals surface area contributed by atoms with Crippen LogP contribution in [0.1, 0.15) is 1.43 Å². The molecule has 0 saturated heterocycles. The number of sulfonamides is 1. The predicted molar refractivity (Wildman–Crippen MR) is 129 cm³/mol. The summed E-state index contributed by atoms with van der Waals surface area (Å²) in [6, 6.07) is 17.1. The van der Waals surface area contributed by atoms with E-state index in [1.165, 1.54) is 36.4 Å². The van der Waals surface area contributed by atoms with Gasteiger partial charge < -0.3 is 23.2 Å². The number of hydrogen-bond acceptors (Lipinski definition) is 8. The second kappa shape index (κ2) is 18.2. The number of primary sulfonamides is 1. The van der Waals surface area contributed by atoms with E-state index in [0.717, 1.165) is 12.1 Å². The van der Waals surface area contributed by atoms with Crippen molar-refractivity contribution in [1.82, 2.24) is 6.15 Å². The Morgan fingerprint density at radius 3 is 1.39 bits per heavy atom. The third-order valence-corrected chi connectivity index (χ3v) is 6.62. The van der Waals surface area contributed by atoms with Crippen LogP contribution in [0.3, 0.4) is 0 Å². The molecule has 0 heterocycles. The molecule has 0 spiro atoms. The fourth-order valence-corrected chi connectivity index (χ4v) is 4.75. The largest absolute Gasteiger partial charge is 1.00 e. The third-order valence-electron chi connectivity index (χ3n) is 4.27. The van der Waals surface area contributed by atoms with Crippen molar-refractivity contribution in [2.75, 3.05) is 0 Å². The maximum atomic E-state index is 13.3. The van der Waals surface area contributed by atoms with Crippen LogP contribution in [-0.2, 0) is 28.8 Å². The Morgan fingerprint density at radius 1 is 0.763 bits per heavy atom. The summed E-state index contributed by atoms with van der Waals surface area (Å²) in [6.45, 7) is -0.181. The Kier molecular flexibility index (Phi) is 19.7. The van der Waals surface area contributed by atoms with Crippen LogP contribution in [0.25, 0.3) is 21.5 Å². The van der Waals surface area contributed by atoms with Gasteiger partial charge in [0, 0.05) is 32.2 Å². The molecular weight excluding hydrogens is 592 g/mol. The summed E-state index contributed by atoms with van der Waals surface area (Å²) in [7, 11) is -2.41. The number of rotatable bonds is 3. The normalized spacial score (nSPS) is 9.92. The van der Waals surface area contributed by atoms with Crippen LogP contribution in [0.2, 0.25) is 0 Å². The molecule has 198 valence electrons. The van der Waals surface area contributed by atoms with E-state index in [2.05, 4.69) is 4.89 Å². The Balaban J connectivity index is -0.000000248. The fourth-order valence-electron chi connectivity index (χ4n) is 2.93. The zero-order valence-electron chi connectivity index (χ0n) is 21.1. The quantitative estimate of drug-likeness (QED) is 0.0775. The summed E-state index contributed by atoms with van der Waals surface area (Å²) in [5.41, 5.74) is 0. The number of hydrogen-bond donors (Lipinski definition) is 2. The molecule has 0 aliphatic rings. The second-order valence-corrected chi connectivity index (χ2v) is 10.4. The van der Waals surface area contributed by atoms with Crippen molar-refractivity contribution in [2.45, 2.75) is 9.79 Å². The SMILES string of the molecule is N.NS(=O)(=O)c1ccc(F)c2ccccc12.O.O=CO[O-].O=S(=O)(Cl)c1ccc(F)c2ccccc12.[H-].[Na+].[Na+]. The standard InChI is InChI=1S/C10H6ClFO2S.C10H8FNO2S.CH2O3.H3N.2Na.H2O.H/c11-15(13,14)10-6-5-9(12)7-3-1-2-4-8(7)10;11-9-5-6-10(15(12,13)14)8-4-2-1-3-7(8)9;2-1-4-3;;;;;/h1-6H;1-6H,(H2,12,13,14);1,3H;1H3;;;1H2;/q;;;;2*+1;;-1/p-1. The Hall–Kier alpha value is -1.24. The zero-order valence-corrected chi connectivity index (χ0v) is 26.5. The molecule has 0 unspecified atom stereocenters. The van der Waals surface area contributed by atoms with Crippen molar-refractivity contribution >= 4 is 57.8 Å². The Labute approximate surface area is 267 Å². The van der Waals surface area contributed by atoms with Crippen molar-refractivity contribution in [3.63, 3.8) is 0 Å². The number of carbonyl (C=O) groups excluding carboxylic acids is 1. The first-order valence-electron chi connectivity index (χ1n) is 8.96. The molecule has 17 heteroatoms. The van der Waals surface area contributed by atoms with Crippen molar-refractivity contribution in [1.29, 1.82) is 0 Å². The molecule has 0 saturated carbocycles. The van der Waals surface area contributed by atoms with Gasteiger partial charge in [0.1, 0.15) is 11.6 Å². The summed E-state index contributed by atoms with van der Waals surface area (Å²) in [4.78, 5) is 11.1. The van der Waals surface area contributed by atoms with Crippen LogP contribution in [0.15, 0.2) is 82.6 Å². The number of carbonyl (C=O) groups is 1. The maximum absolute atomic E-state index is 13.3. The van der Waals surface area contributed by atoms with Gasteiger partial charge in [-0.1, -0.05) is 48.5 Å². The molecule has 0 radical (unpaired) electrons. The molecule has 0 aliphatic heterocycles. The summed E-state index contributed by atoms with van der Waals surface area (Å²) < 4.78 is 71.5. The van der Waals surface area contributed by atoms with Crippen LogP contribution >= 0.6 is 10.7 Å². The predicted octanol–water partition coefficient (Wildman–Crippen LogP) is -3.57. The van der Waals surface area contributed by atoms with Crippen LogP contribution in [0, 0.1) is 11.6 Å². The third kappa shape index (κ3) is 11.1. The molecule has 0 aromatic heterocycles. The van der Waals surface area contributed by atoms with Gasteiger partial charge in [-0.15, -0.1) is 0 Å². The summed E-state index contributed by atoms with van der Waals surface area (Å²) in [5, 5.41) is 14.6. The van der Waals surface area contributed by atoms with E-state index in [0.29, 0.717) is 10.8 Å². The first-order valence-corrected chi connectivity index (χ1v) is 12.8. The monoisotopic (exact) mass is 612 g/mol. The van der Waals surface area contributed by atoms with Gasteiger partial charge >= 0.3 is 59.1 Å². The van der Waals surface area contributed by atoms with Gasteiger partial charge in [0.05, 0.1) is 9.79 Å². The van der Waals surface area contributed by atoms with Gasteiger partial charge in [0.25, 0.3) is 15.5 Å². The van der Waals surface area contributed by atoms with Gasteiger partial charge in [0.15, 0.2) is 0 Å². The van der Waals surface area contributed by atoms with E-state index in [-0.39, 0.29) is 99.2 Å². The Morgan fingerprint density at radius 2 is 1.08 bits per heavy atom. The van der Waals surface area contributed by atoms with Gasteiger partial charge in [0.2, 0.25) is 10.0 Å². The maximum Gasteiger partial charge on any atom is 1.00 e. The van der Waals surface area contributed by atoms with Gasteiger partial charge in [-0.05, 0) is 24.3 Å². The van der Waals surface area contributed by atoms with Crippen LogP contribution in [0.4, 0.5) is 8.78 Å². The first-order chi connectivity index (χ1) is 15.9. The minimum atomic E-state index is -3.84. The van der Waals surface area contributed by atoms with Gasteiger partial charge in [-0.2, -0.15) is 0 Å². The molecular formula is C21H21ClF2N2Na2O8S2.